The third-order valence-electron chi connectivity index (χ3n) is 6.37. The minimum Gasteiger partial charge on any atom is -0.493 e. The van der Waals surface area contributed by atoms with E-state index in [0.29, 0.717) is 15.6 Å². The zero-order valence-corrected chi connectivity index (χ0v) is 20.4. The summed E-state index contributed by atoms with van der Waals surface area (Å²) in [5.41, 5.74) is -0.122. The Labute approximate surface area is 215 Å². The number of carboxylic acids is 1. The lowest BCUT2D eigenvalue weighted by molar-refractivity contribution is -0.148. The first-order valence-corrected chi connectivity index (χ1v) is 11.9. The molecule has 9 heteroatoms. The monoisotopic (exact) mass is 536 g/mol. The third-order valence-corrected chi connectivity index (χ3v) is 6.98. The number of halogens is 5. The maximum absolute atomic E-state index is 13.6. The molecule has 0 spiro atoms. The predicted molar refractivity (Wildman–Crippen MR) is 130 cm³/mol. The molecule has 0 atom stereocenters. The molecule has 0 bridgehead atoms. The van der Waals surface area contributed by atoms with Crippen molar-refractivity contribution in [3.05, 3.63) is 98.5 Å². The molecule has 0 aromatic heterocycles. The van der Waals surface area contributed by atoms with Crippen molar-refractivity contribution in [1.29, 1.82) is 0 Å². The van der Waals surface area contributed by atoms with Gasteiger partial charge in [0, 0.05) is 28.5 Å². The Morgan fingerprint density at radius 3 is 2.25 bits per heavy atom. The second-order valence-electron chi connectivity index (χ2n) is 8.85. The van der Waals surface area contributed by atoms with Gasteiger partial charge in [0.15, 0.2) is 5.78 Å². The van der Waals surface area contributed by atoms with Crippen LogP contribution in [0, 0.1) is 5.41 Å². The Balaban J connectivity index is 1.56. The number of carboxylic acid groups (broad SMARTS) is 1. The quantitative estimate of drug-likeness (QED) is 0.312. The molecule has 1 N–H and O–H groups in total. The Kier molecular flexibility index (Phi) is 7.34. The van der Waals surface area contributed by atoms with Gasteiger partial charge in [-0.2, -0.15) is 13.2 Å². The van der Waals surface area contributed by atoms with Crippen molar-refractivity contribution in [3.63, 3.8) is 0 Å². The Hall–Kier alpha value is -3.03. The second-order valence-corrected chi connectivity index (χ2v) is 9.69. The summed E-state index contributed by atoms with van der Waals surface area (Å²) in [5, 5.41) is 10.8. The van der Waals surface area contributed by atoms with E-state index in [1.165, 1.54) is 0 Å². The van der Waals surface area contributed by atoms with E-state index in [-0.39, 0.29) is 37.9 Å². The molecule has 0 saturated carbocycles. The minimum absolute atomic E-state index is 0.0460. The molecule has 0 radical (unpaired) electrons. The Bertz CT molecular complexity index is 1300. The normalized spacial score (nSPS) is 14.4. The Morgan fingerprint density at radius 2 is 1.64 bits per heavy atom. The highest BCUT2D eigenvalue weighted by molar-refractivity contribution is 6.33. The van der Waals surface area contributed by atoms with Gasteiger partial charge in [-0.15, -0.1) is 0 Å². The number of Topliss-reactive ketones (excluding diaryl/α,β-unsaturated/α-hetero) is 1. The molecular formula is C27H21Cl2F3O4. The van der Waals surface area contributed by atoms with E-state index in [1.807, 2.05) is 12.1 Å². The fourth-order valence-corrected chi connectivity index (χ4v) is 4.92. The van der Waals surface area contributed by atoms with E-state index in [4.69, 9.17) is 27.9 Å². The van der Waals surface area contributed by atoms with Crippen molar-refractivity contribution in [3.8, 4) is 5.75 Å². The van der Waals surface area contributed by atoms with Gasteiger partial charge in [-0.25, -0.2) is 0 Å². The first-order valence-electron chi connectivity index (χ1n) is 11.1. The average Bonchev–Trinajstić information content (AvgIpc) is 3.20. The summed E-state index contributed by atoms with van der Waals surface area (Å²) in [7, 11) is 0. The van der Waals surface area contributed by atoms with E-state index in [1.54, 1.807) is 30.3 Å². The van der Waals surface area contributed by atoms with Gasteiger partial charge in [-0.05, 0) is 59.9 Å². The summed E-state index contributed by atoms with van der Waals surface area (Å²) < 4.78 is 46.3. The summed E-state index contributed by atoms with van der Waals surface area (Å²) in [6.45, 7) is -0.144. The number of carbonyl (C=O) groups excluding carboxylic acids is 1. The highest BCUT2D eigenvalue weighted by Gasteiger charge is 2.45. The van der Waals surface area contributed by atoms with Crippen LogP contribution in [0.3, 0.4) is 0 Å². The van der Waals surface area contributed by atoms with Crippen molar-refractivity contribution < 1.29 is 32.6 Å². The molecule has 188 valence electrons. The molecule has 0 amide bonds. The van der Waals surface area contributed by atoms with Crippen LogP contribution in [0.15, 0.2) is 60.7 Å². The van der Waals surface area contributed by atoms with Gasteiger partial charge in [-0.1, -0.05) is 53.5 Å². The molecule has 3 aromatic rings. The summed E-state index contributed by atoms with van der Waals surface area (Å²) in [6.07, 6.45) is -4.52. The number of aliphatic carboxylic acids is 1. The van der Waals surface area contributed by atoms with Gasteiger partial charge in [-0.3, -0.25) is 9.59 Å². The largest absolute Gasteiger partial charge is 0.493 e. The first kappa shape index (κ1) is 26.0. The van der Waals surface area contributed by atoms with Crippen molar-refractivity contribution in [2.75, 3.05) is 6.61 Å². The first-order chi connectivity index (χ1) is 17.0. The molecule has 0 heterocycles. The number of benzene rings is 3. The van der Waals surface area contributed by atoms with Crippen LogP contribution in [0.4, 0.5) is 13.2 Å². The molecule has 4 rings (SSSR count). The SMILES string of the molecule is O=C(CC1(C(=O)O)Cc2ccccc2C1)c1ccc(C(F)(F)F)c(OCCc2cc(Cl)ccc2Cl)c1. The fraction of sp³-hybridized carbons (Fsp3) is 0.259. The van der Waals surface area contributed by atoms with Crippen molar-refractivity contribution in [2.45, 2.75) is 31.9 Å². The smallest absolute Gasteiger partial charge is 0.419 e. The number of ether oxygens (including phenoxy) is 1. The van der Waals surface area contributed by atoms with Crippen LogP contribution in [-0.4, -0.2) is 23.5 Å². The molecule has 4 nitrogen and oxygen atoms in total. The summed E-state index contributed by atoms with van der Waals surface area (Å²) in [4.78, 5) is 25.3. The fourth-order valence-electron chi connectivity index (χ4n) is 4.51. The highest BCUT2D eigenvalue weighted by Crippen LogP contribution is 2.42. The van der Waals surface area contributed by atoms with Crippen molar-refractivity contribution in [1.82, 2.24) is 0 Å². The van der Waals surface area contributed by atoms with Gasteiger partial charge < -0.3 is 9.84 Å². The second kappa shape index (κ2) is 10.1. The van der Waals surface area contributed by atoms with Gasteiger partial charge in [0.1, 0.15) is 5.75 Å². The lowest BCUT2D eigenvalue weighted by Crippen LogP contribution is -2.34. The molecule has 1 aliphatic rings. The number of carbonyl (C=O) groups is 2. The van der Waals surface area contributed by atoms with E-state index >= 15 is 0 Å². The van der Waals surface area contributed by atoms with Crippen molar-refractivity contribution in [2.24, 2.45) is 5.41 Å². The van der Waals surface area contributed by atoms with Crippen LogP contribution in [-0.2, 0) is 30.2 Å². The predicted octanol–water partition coefficient (Wildman–Crippen LogP) is 7.08. The number of rotatable bonds is 8. The van der Waals surface area contributed by atoms with Crippen LogP contribution >= 0.6 is 23.2 Å². The molecule has 0 aliphatic heterocycles. The minimum atomic E-state index is -4.71. The number of ketones is 1. The summed E-state index contributed by atoms with van der Waals surface area (Å²) in [6, 6.07) is 14.9. The zero-order valence-electron chi connectivity index (χ0n) is 18.9. The molecular weight excluding hydrogens is 516 g/mol. The lowest BCUT2D eigenvalue weighted by atomic mass is 9.78. The average molecular weight is 537 g/mol. The van der Waals surface area contributed by atoms with E-state index in [9.17, 15) is 27.9 Å². The molecule has 3 aromatic carbocycles. The third kappa shape index (κ3) is 5.52. The van der Waals surface area contributed by atoms with Gasteiger partial charge in [0.05, 0.1) is 17.6 Å². The van der Waals surface area contributed by atoms with Crippen LogP contribution in [0.2, 0.25) is 10.0 Å². The standard InChI is InChI=1S/C27H21Cl2F3O4/c28-20-6-8-22(29)16(11-20)9-10-36-24-12-17(5-7-21(24)27(30,31)32)23(33)15-26(25(34)35)13-18-3-1-2-4-19(18)14-26/h1-8,11-12H,9-10,13-15H2,(H,34,35). The molecule has 0 fully saturated rings. The highest BCUT2D eigenvalue weighted by atomic mass is 35.5. The van der Waals surface area contributed by atoms with Gasteiger partial charge in [0.25, 0.3) is 0 Å². The van der Waals surface area contributed by atoms with Gasteiger partial charge in [0.2, 0.25) is 0 Å². The van der Waals surface area contributed by atoms with E-state index in [0.717, 1.165) is 29.3 Å². The van der Waals surface area contributed by atoms with Crippen LogP contribution in [0.25, 0.3) is 0 Å². The molecule has 1 aliphatic carbocycles. The molecule has 0 unspecified atom stereocenters. The Morgan fingerprint density at radius 1 is 0.972 bits per heavy atom. The van der Waals surface area contributed by atoms with Crippen LogP contribution in [0.1, 0.15) is 39.0 Å². The van der Waals surface area contributed by atoms with Crippen LogP contribution < -0.4 is 4.74 Å². The molecule has 36 heavy (non-hydrogen) atoms. The lowest BCUT2D eigenvalue weighted by Gasteiger charge is -2.23. The maximum Gasteiger partial charge on any atom is 0.419 e. The van der Waals surface area contributed by atoms with E-state index < -0.39 is 34.7 Å². The topological polar surface area (TPSA) is 63.6 Å². The van der Waals surface area contributed by atoms with Gasteiger partial charge >= 0.3 is 12.1 Å². The number of hydrogen-bond acceptors (Lipinski definition) is 3. The van der Waals surface area contributed by atoms with E-state index in [2.05, 4.69) is 0 Å². The number of fused-ring (bicyclic) bond motifs is 1. The summed E-state index contributed by atoms with van der Waals surface area (Å²) in [5.74, 6) is -2.19. The number of hydrogen-bond donors (Lipinski definition) is 1. The maximum atomic E-state index is 13.6. The molecule has 0 saturated heterocycles. The number of alkyl halides is 3. The van der Waals surface area contributed by atoms with Crippen molar-refractivity contribution >= 4 is 35.0 Å². The summed E-state index contributed by atoms with van der Waals surface area (Å²) >= 11 is 12.1. The van der Waals surface area contributed by atoms with Crippen LogP contribution in [0.5, 0.6) is 5.75 Å². The zero-order chi connectivity index (χ0) is 26.1.